The molecule has 0 N–H and O–H groups in total. The molecule has 3 aromatic rings. The molecule has 1 unspecified atom stereocenters. The van der Waals surface area contributed by atoms with Gasteiger partial charge in [-0.2, -0.15) is 57.1 Å². The van der Waals surface area contributed by atoms with Crippen molar-refractivity contribution in [2.24, 2.45) is 16.7 Å². The Morgan fingerprint density at radius 1 is 0.556 bits per heavy atom. The Bertz CT molecular complexity index is 1860. The number of benzene rings is 3. The molecule has 0 aliphatic carbocycles. The van der Waals surface area contributed by atoms with Crippen molar-refractivity contribution >= 4 is 33.5 Å². The summed E-state index contributed by atoms with van der Waals surface area (Å²) in [7, 11) is 0. The zero-order valence-corrected chi connectivity index (χ0v) is 35.0. The van der Waals surface area contributed by atoms with E-state index in [1.807, 2.05) is 20.8 Å². The van der Waals surface area contributed by atoms with Gasteiger partial charge in [-0.1, -0.05) is 75.2 Å². The van der Waals surface area contributed by atoms with E-state index >= 15 is 0 Å². The van der Waals surface area contributed by atoms with Crippen molar-refractivity contribution in [3.63, 3.8) is 0 Å². The van der Waals surface area contributed by atoms with Crippen molar-refractivity contribution in [1.82, 2.24) is 0 Å². The first kappa shape index (κ1) is 56.9. The number of aryl methyl sites for hydroxylation is 1. The molecule has 4 nitrogen and oxygen atoms in total. The number of alkyl halides is 15. The predicted octanol–water partition coefficient (Wildman–Crippen LogP) is 14.9. The van der Waals surface area contributed by atoms with Crippen LogP contribution >= 0.6 is 0 Å². The lowest BCUT2D eigenvalue weighted by molar-refractivity contribution is -0.427. The van der Waals surface area contributed by atoms with E-state index in [1.54, 1.807) is 0 Å². The molecule has 0 radical (unpaired) electrons. The van der Waals surface area contributed by atoms with Gasteiger partial charge in [-0.15, -0.1) is 0 Å². The van der Waals surface area contributed by atoms with Gasteiger partial charge in [0.25, 0.3) is 0 Å². The van der Waals surface area contributed by atoms with Crippen LogP contribution in [0.2, 0.25) is 0 Å². The van der Waals surface area contributed by atoms with Crippen molar-refractivity contribution < 1.29 is 94.1 Å². The molecule has 0 spiro atoms. The molecule has 0 amide bonds. The summed E-state index contributed by atoms with van der Waals surface area (Å²) in [5.41, 5.74) is -0.309. The Labute approximate surface area is 352 Å². The van der Waals surface area contributed by atoms with E-state index in [4.69, 9.17) is 13.9 Å². The number of carbonyl (C=O) groups excluding carboxylic acids is 2. The summed E-state index contributed by atoms with van der Waals surface area (Å²) in [4.78, 5) is 23.6. The third kappa shape index (κ3) is 13.0. The summed E-state index contributed by atoms with van der Waals surface area (Å²) >= 11 is 0. The molecular weight excluding hydrogens is 891 g/mol. The van der Waals surface area contributed by atoms with Crippen molar-refractivity contribution in [1.29, 1.82) is 0 Å². The number of unbranched alkanes of at least 4 members (excludes halogenated alkanes) is 3. The number of hydrogen-bond donors (Lipinski definition) is 0. The Morgan fingerprint density at radius 2 is 0.952 bits per heavy atom. The van der Waals surface area contributed by atoms with Crippen LogP contribution in [-0.4, -0.2) is 67.4 Å². The molecule has 3 rings (SSSR count). The zero-order valence-electron chi connectivity index (χ0n) is 35.0. The van der Waals surface area contributed by atoms with Gasteiger partial charge in [0, 0.05) is 9.15 Å². The largest absolute Gasteiger partial charge is 0.465 e. The van der Waals surface area contributed by atoms with Gasteiger partial charge in [-0.3, -0.25) is 9.59 Å². The number of carbonyl (C=O) groups is 2. The maximum atomic E-state index is 13.9. The molecule has 0 aliphatic heterocycles. The van der Waals surface area contributed by atoms with Crippen LogP contribution in [-0.2, 0) is 25.5 Å². The summed E-state index contributed by atoms with van der Waals surface area (Å²) < 4.78 is 223. The van der Waals surface area contributed by atoms with E-state index in [0.717, 1.165) is 38.5 Å². The minimum atomic E-state index is -8.09. The van der Waals surface area contributed by atoms with E-state index in [0.29, 0.717) is 6.61 Å². The average Bonchev–Trinajstić information content (AvgIpc) is 3.21. The van der Waals surface area contributed by atoms with Crippen molar-refractivity contribution in [2.45, 2.75) is 135 Å². The van der Waals surface area contributed by atoms with Gasteiger partial charge in [0.05, 0.1) is 24.0 Å². The summed E-state index contributed by atoms with van der Waals surface area (Å²) in [5, 5.41) is 5.39. The smallest absolute Gasteiger partial charge is 0.397 e. The lowest BCUT2D eigenvalue weighted by Gasteiger charge is -2.41. The molecule has 3 aromatic carbocycles. The van der Waals surface area contributed by atoms with Crippen LogP contribution in [0.1, 0.15) is 92.1 Å². The second-order valence-electron chi connectivity index (χ2n) is 15.9. The van der Waals surface area contributed by atoms with Gasteiger partial charge in [0.2, 0.25) is 0 Å². The minimum Gasteiger partial charge on any atom is -0.465 e. The van der Waals surface area contributed by atoms with Gasteiger partial charge >= 0.3 is 54.2 Å². The molecule has 0 aliphatic rings. The minimum absolute atomic E-state index is 0.0115. The van der Waals surface area contributed by atoms with E-state index in [9.17, 15) is 75.4 Å². The number of halogens is 17. The standard InChI is InChI=1S/C26H32O2.C16H17F15O2.F2/c1-4-26(2,3)25(27)28-18-12-6-5-7-17-24-22-15-10-8-13-20(22)19-21-14-9-11-16-23(21)24;1-4-10(2,3)9(32)33-6-5-7(13(23,24)25)11(19,20)14(26,27)16(30,31)15(28,29)12(21,22)8(17)18;1-2/h8-11,13-16,19H,4-7,12,17-18H2,1-3H3;7-8H,4-6H2,1-3H3;. The first-order valence-electron chi connectivity index (χ1n) is 19.4. The predicted molar refractivity (Wildman–Crippen MR) is 201 cm³/mol. The Kier molecular flexibility index (Phi) is 20.1. The van der Waals surface area contributed by atoms with Crippen LogP contribution in [0, 0.1) is 16.7 Å². The monoisotopic (exact) mass is 940 g/mol. The van der Waals surface area contributed by atoms with Crippen LogP contribution in [0.3, 0.4) is 0 Å². The molecule has 360 valence electrons. The van der Waals surface area contributed by atoms with Crippen LogP contribution < -0.4 is 0 Å². The van der Waals surface area contributed by atoms with Crippen molar-refractivity contribution in [3.05, 3.63) is 60.2 Å². The number of ether oxygens (including phenoxy) is 2. The molecular formula is C42H49F17O4. The Morgan fingerprint density at radius 3 is 1.37 bits per heavy atom. The highest BCUT2D eigenvalue weighted by Gasteiger charge is 2.89. The SMILES string of the molecule is CCC(C)(C)C(=O)OCCC(C(F)(F)F)C(F)(F)C(F)(F)C(F)(F)C(F)(F)C(F)(F)C(F)F.CCC(C)(C)C(=O)OCCCCCCc1c2ccccc2cc2ccccc12.FF. The third-order valence-corrected chi connectivity index (χ3v) is 10.7. The summed E-state index contributed by atoms with van der Waals surface area (Å²) in [5.74, 6) is -44.8. The van der Waals surface area contributed by atoms with Gasteiger partial charge in [-0.25, -0.2) is 8.78 Å². The number of fused-ring (bicyclic) bond motifs is 2. The quantitative estimate of drug-likeness (QED) is 0.0490. The van der Waals surface area contributed by atoms with E-state index in [-0.39, 0.29) is 17.8 Å². The highest BCUT2D eigenvalue weighted by Crippen LogP contribution is 2.61. The fraction of sp³-hybridized carbons (Fsp3) is 0.619. The molecule has 1 atom stereocenters. The molecule has 0 heterocycles. The molecule has 0 bridgehead atoms. The maximum Gasteiger partial charge on any atom is 0.397 e. The lowest BCUT2D eigenvalue weighted by Crippen LogP contribution is -2.70. The van der Waals surface area contributed by atoms with E-state index in [1.165, 1.54) is 47.9 Å². The number of esters is 2. The van der Waals surface area contributed by atoms with Crippen molar-refractivity contribution in [2.75, 3.05) is 13.2 Å². The normalized spacial score (nSPS) is 13.8. The topological polar surface area (TPSA) is 52.6 Å². The maximum absolute atomic E-state index is 13.9. The highest BCUT2D eigenvalue weighted by atomic mass is 20.0. The Hall–Kier alpha value is -4.07. The molecule has 0 fully saturated rings. The van der Waals surface area contributed by atoms with Crippen LogP contribution in [0.15, 0.2) is 54.6 Å². The first-order valence-corrected chi connectivity index (χ1v) is 19.4. The zero-order chi connectivity index (χ0) is 49.0. The van der Waals surface area contributed by atoms with Gasteiger partial charge in [0.15, 0.2) is 0 Å². The van der Waals surface area contributed by atoms with Crippen LogP contribution in [0.5, 0.6) is 0 Å². The fourth-order valence-electron chi connectivity index (χ4n) is 5.77. The van der Waals surface area contributed by atoms with Crippen LogP contribution in [0.25, 0.3) is 21.5 Å². The average molecular weight is 941 g/mol. The molecule has 0 saturated heterocycles. The molecule has 0 saturated carbocycles. The highest BCUT2D eigenvalue weighted by molar-refractivity contribution is 6.02. The second-order valence-corrected chi connectivity index (χ2v) is 15.9. The fourth-order valence-corrected chi connectivity index (χ4v) is 5.77. The molecule has 63 heavy (non-hydrogen) atoms. The van der Waals surface area contributed by atoms with Gasteiger partial charge in [-0.05, 0) is 99.4 Å². The van der Waals surface area contributed by atoms with Crippen molar-refractivity contribution in [3.8, 4) is 0 Å². The van der Waals surface area contributed by atoms with E-state index in [2.05, 4.69) is 59.3 Å². The summed E-state index contributed by atoms with van der Waals surface area (Å²) in [6.07, 6.45) is -8.45. The van der Waals surface area contributed by atoms with Crippen LogP contribution in [0.4, 0.5) is 75.0 Å². The summed E-state index contributed by atoms with van der Waals surface area (Å²) in [6, 6.07) is 19.7. The Balaban J connectivity index is 0.000000611. The number of hydrogen-bond acceptors (Lipinski definition) is 4. The second kappa shape index (κ2) is 22.2. The number of rotatable bonds is 20. The summed E-state index contributed by atoms with van der Waals surface area (Å²) in [6.45, 7) is 8.45. The first-order chi connectivity index (χ1) is 28.8. The van der Waals surface area contributed by atoms with Gasteiger partial charge < -0.3 is 9.47 Å². The molecule has 0 aromatic heterocycles. The lowest BCUT2D eigenvalue weighted by atomic mass is 9.85. The van der Waals surface area contributed by atoms with E-state index < -0.39 is 72.5 Å². The molecule has 21 heteroatoms. The third-order valence-electron chi connectivity index (χ3n) is 10.7. The van der Waals surface area contributed by atoms with Gasteiger partial charge in [0.1, 0.15) is 5.92 Å².